The Bertz CT molecular complexity index is 802. The highest BCUT2D eigenvalue weighted by Gasteiger charge is 2.50. The van der Waals surface area contributed by atoms with Gasteiger partial charge in [0.25, 0.3) is 0 Å². The molecule has 7 nitrogen and oxygen atoms in total. The number of morpholine rings is 1. The van der Waals surface area contributed by atoms with E-state index in [1.807, 2.05) is 0 Å². The molecule has 3 heterocycles. The second kappa shape index (κ2) is 7.30. The van der Waals surface area contributed by atoms with Gasteiger partial charge in [0.15, 0.2) is 0 Å². The largest absolute Gasteiger partial charge is 0.371 e. The van der Waals surface area contributed by atoms with Crippen molar-refractivity contribution in [2.75, 3.05) is 32.8 Å². The van der Waals surface area contributed by atoms with Gasteiger partial charge in [0, 0.05) is 26.2 Å². The summed E-state index contributed by atoms with van der Waals surface area (Å²) in [6.07, 6.45) is 6.72. The van der Waals surface area contributed by atoms with E-state index in [1.165, 1.54) is 23.9 Å². The van der Waals surface area contributed by atoms with Gasteiger partial charge in [-0.05, 0) is 45.7 Å². The zero-order valence-electron chi connectivity index (χ0n) is 16.2. The monoisotopic (exact) mass is 416 g/mol. The number of likely N-dealkylation sites (tertiary alicyclic amines) is 1. The van der Waals surface area contributed by atoms with Gasteiger partial charge >= 0.3 is 0 Å². The van der Waals surface area contributed by atoms with Crippen LogP contribution in [0.5, 0.6) is 0 Å². The van der Waals surface area contributed by atoms with E-state index >= 15 is 0 Å². The number of ether oxygens (including phenoxy) is 1. The lowest BCUT2D eigenvalue weighted by molar-refractivity contribution is -0.149. The highest BCUT2D eigenvalue weighted by Crippen LogP contribution is 2.40. The summed E-state index contributed by atoms with van der Waals surface area (Å²) in [6, 6.07) is 0.303. The normalized spacial score (nSPS) is 31.0. The maximum atomic E-state index is 13.4. The number of nitrogens with zero attached hydrogens (tertiary/aromatic N) is 4. The fourth-order valence-corrected chi connectivity index (χ4v) is 7.31. The van der Waals surface area contributed by atoms with Gasteiger partial charge in [-0.25, -0.2) is 8.42 Å². The van der Waals surface area contributed by atoms with Crippen molar-refractivity contribution in [3.8, 4) is 0 Å². The molecule has 4 rings (SSSR count). The molecular weight excluding hydrogens is 388 g/mol. The molecule has 2 saturated heterocycles. The topological polar surface area (TPSA) is 67.7 Å². The van der Waals surface area contributed by atoms with Crippen molar-refractivity contribution >= 4 is 21.6 Å². The summed E-state index contributed by atoms with van der Waals surface area (Å²) in [5.74, 6) is 0. The summed E-state index contributed by atoms with van der Waals surface area (Å²) in [5, 5.41) is 4.37. The molecule has 1 aliphatic carbocycles. The van der Waals surface area contributed by atoms with Crippen LogP contribution >= 0.6 is 11.6 Å². The minimum Gasteiger partial charge on any atom is -0.371 e. The van der Waals surface area contributed by atoms with Crippen LogP contribution in [-0.4, -0.2) is 71.8 Å². The molecule has 0 amide bonds. The molecule has 3 fully saturated rings. The van der Waals surface area contributed by atoms with E-state index in [4.69, 9.17) is 16.3 Å². The molecule has 2 unspecified atom stereocenters. The van der Waals surface area contributed by atoms with Crippen LogP contribution < -0.4 is 0 Å². The zero-order valence-corrected chi connectivity index (χ0v) is 17.7. The molecule has 0 bridgehead atoms. The molecule has 27 heavy (non-hydrogen) atoms. The number of halogens is 1. The lowest BCUT2D eigenvalue weighted by Gasteiger charge is -2.51. The number of hydrogen-bond acceptors (Lipinski definition) is 5. The summed E-state index contributed by atoms with van der Waals surface area (Å²) in [4.78, 5) is 2.66. The van der Waals surface area contributed by atoms with E-state index in [1.54, 1.807) is 18.3 Å². The maximum absolute atomic E-state index is 13.4. The van der Waals surface area contributed by atoms with Crippen LogP contribution in [0.15, 0.2) is 4.90 Å². The fraction of sp³-hybridized carbons (Fsp3) is 0.833. The van der Waals surface area contributed by atoms with Gasteiger partial charge in [0.1, 0.15) is 10.0 Å². The second-order valence-electron chi connectivity index (χ2n) is 8.09. The Labute approximate surface area is 166 Å². The molecular formula is C18H29ClN4O3S. The van der Waals surface area contributed by atoms with Gasteiger partial charge in [0.2, 0.25) is 10.0 Å². The first-order chi connectivity index (χ1) is 12.8. The van der Waals surface area contributed by atoms with Gasteiger partial charge in [0.05, 0.1) is 17.9 Å². The molecule has 0 N–H and O–H groups in total. The number of hydrogen-bond donors (Lipinski definition) is 0. The van der Waals surface area contributed by atoms with Crippen molar-refractivity contribution in [1.82, 2.24) is 19.0 Å². The molecule has 3 aliphatic rings. The quantitative estimate of drug-likeness (QED) is 0.755. The summed E-state index contributed by atoms with van der Waals surface area (Å²) in [7, 11) is -2.04. The van der Waals surface area contributed by atoms with E-state index in [0.29, 0.717) is 31.4 Å². The third-order valence-electron chi connectivity index (χ3n) is 6.39. The molecule has 0 radical (unpaired) electrons. The molecule has 2 aliphatic heterocycles. The number of sulfonamides is 1. The molecule has 1 aromatic rings. The number of aryl methyl sites for hydroxylation is 2. The summed E-state index contributed by atoms with van der Waals surface area (Å²) in [5.41, 5.74) is 0.0408. The van der Waals surface area contributed by atoms with E-state index in [2.05, 4.69) is 10.00 Å². The molecule has 0 aromatic carbocycles. The maximum Gasteiger partial charge on any atom is 0.248 e. The van der Waals surface area contributed by atoms with Crippen molar-refractivity contribution in [2.45, 2.75) is 62.0 Å². The van der Waals surface area contributed by atoms with Gasteiger partial charge < -0.3 is 4.74 Å². The van der Waals surface area contributed by atoms with Crippen molar-refractivity contribution in [1.29, 1.82) is 0 Å². The van der Waals surface area contributed by atoms with Gasteiger partial charge in [-0.2, -0.15) is 9.40 Å². The minimum atomic E-state index is -3.71. The SMILES string of the molecule is Cc1nn(C)c(Cl)c1S(=O)(=O)N1CCOC2(CCCCC2N2CCCC2)C1. The number of rotatable bonds is 3. The van der Waals surface area contributed by atoms with Crippen LogP contribution in [-0.2, 0) is 21.8 Å². The van der Waals surface area contributed by atoms with E-state index < -0.39 is 15.6 Å². The smallest absolute Gasteiger partial charge is 0.248 e. The molecule has 152 valence electrons. The summed E-state index contributed by atoms with van der Waals surface area (Å²) >= 11 is 6.28. The first-order valence-electron chi connectivity index (χ1n) is 9.92. The predicted octanol–water partition coefficient (Wildman–Crippen LogP) is 2.18. The van der Waals surface area contributed by atoms with Crippen LogP contribution in [0.1, 0.15) is 44.2 Å². The van der Waals surface area contributed by atoms with Crippen molar-refractivity contribution in [3.05, 3.63) is 10.8 Å². The number of aromatic nitrogens is 2. The summed E-state index contributed by atoms with van der Waals surface area (Å²) < 4.78 is 36.2. The Morgan fingerprint density at radius 3 is 2.59 bits per heavy atom. The third-order valence-corrected chi connectivity index (χ3v) is 8.93. The van der Waals surface area contributed by atoms with Crippen LogP contribution in [0.2, 0.25) is 5.15 Å². The standard InChI is InChI=1S/C18H29ClN4O3S/c1-14-16(17(19)21(2)20-14)27(24,25)23-11-12-26-18(13-23)8-4-3-7-15(18)22-9-5-6-10-22/h15H,3-13H2,1-2H3. The lowest BCUT2D eigenvalue weighted by atomic mass is 9.78. The van der Waals surface area contributed by atoms with Crippen molar-refractivity contribution in [3.63, 3.8) is 0 Å². The Kier molecular flexibility index (Phi) is 5.31. The van der Waals surface area contributed by atoms with Crippen molar-refractivity contribution < 1.29 is 13.2 Å². The molecule has 1 aromatic heterocycles. The fourth-order valence-electron chi connectivity index (χ4n) is 5.12. The van der Waals surface area contributed by atoms with Crippen LogP contribution in [0.4, 0.5) is 0 Å². The van der Waals surface area contributed by atoms with E-state index in [-0.39, 0.29) is 10.0 Å². The summed E-state index contributed by atoms with van der Waals surface area (Å²) in [6.45, 7) is 5.08. The Morgan fingerprint density at radius 1 is 1.19 bits per heavy atom. The van der Waals surface area contributed by atoms with Gasteiger partial charge in [-0.1, -0.05) is 24.4 Å². The Hall–Kier alpha value is -0.670. The first kappa shape index (κ1) is 19.6. The van der Waals surface area contributed by atoms with E-state index in [9.17, 15) is 8.42 Å². The molecule has 9 heteroatoms. The van der Waals surface area contributed by atoms with Gasteiger partial charge in [-0.3, -0.25) is 9.58 Å². The molecule has 1 spiro atoms. The van der Waals surface area contributed by atoms with Crippen LogP contribution in [0, 0.1) is 6.92 Å². The average Bonchev–Trinajstić information content (AvgIpc) is 3.24. The highest BCUT2D eigenvalue weighted by molar-refractivity contribution is 7.89. The van der Waals surface area contributed by atoms with Crippen LogP contribution in [0.25, 0.3) is 0 Å². The lowest BCUT2D eigenvalue weighted by Crippen LogP contribution is -2.64. The first-order valence-corrected chi connectivity index (χ1v) is 11.7. The average molecular weight is 417 g/mol. The van der Waals surface area contributed by atoms with Gasteiger partial charge in [-0.15, -0.1) is 0 Å². The third kappa shape index (κ3) is 3.33. The Morgan fingerprint density at radius 2 is 1.93 bits per heavy atom. The molecule has 1 saturated carbocycles. The minimum absolute atomic E-state index is 0.136. The van der Waals surface area contributed by atoms with Crippen molar-refractivity contribution in [2.24, 2.45) is 7.05 Å². The van der Waals surface area contributed by atoms with Crippen LogP contribution in [0.3, 0.4) is 0 Å². The molecule has 2 atom stereocenters. The Balaban J connectivity index is 1.65. The second-order valence-corrected chi connectivity index (χ2v) is 10.3. The highest BCUT2D eigenvalue weighted by atomic mass is 35.5. The predicted molar refractivity (Wildman–Crippen MR) is 103 cm³/mol. The zero-order chi connectivity index (χ0) is 19.2. The van der Waals surface area contributed by atoms with E-state index in [0.717, 1.165) is 32.4 Å².